The maximum atomic E-state index is 12.6. The van der Waals surface area contributed by atoms with Crippen LogP contribution in [0.4, 0.5) is 0 Å². The van der Waals surface area contributed by atoms with Gasteiger partial charge in [0.1, 0.15) is 5.76 Å². The number of nitrogens with one attached hydrogen (secondary N) is 1. The fourth-order valence-electron chi connectivity index (χ4n) is 3.75. The van der Waals surface area contributed by atoms with E-state index in [1.54, 1.807) is 0 Å². The van der Waals surface area contributed by atoms with Gasteiger partial charge in [0, 0.05) is 37.0 Å². The Morgan fingerprint density at radius 1 is 1.13 bits per heavy atom. The third-order valence-corrected chi connectivity index (χ3v) is 5.46. The van der Waals surface area contributed by atoms with Crippen molar-refractivity contribution in [2.45, 2.75) is 57.4 Å². The second kappa shape index (κ2) is 5.98. The van der Waals surface area contributed by atoms with E-state index in [1.165, 1.54) is 0 Å². The van der Waals surface area contributed by atoms with Gasteiger partial charge in [-0.1, -0.05) is 11.6 Å². The summed E-state index contributed by atoms with van der Waals surface area (Å²) >= 11 is 0. The second-order valence-corrected chi connectivity index (χ2v) is 7.01. The first-order valence-electron chi connectivity index (χ1n) is 8.79. The normalized spacial score (nSPS) is 24.2. The summed E-state index contributed by atoms with van der Waals surface area (Å²) in [5.74, 6) is 1.18. The molecular formula is C17H23N3O3. The van der Waals surface area contributed by atoms with Crippen LogP contribution in [-0.4, -0.2) is 41.0 Å². The van der Waals surface area contributed by atoms with Crippen molar-refractivity contribution in [3.8, 4) is 0 Å². The lowest BCUT2D eigenvalue weighted by Gasteiger charge is -2.29. The molecular weight excluding hydrogens is 294 g/mol. The van der Waals surface area contributed by atoms with Gasteiger partial charge in [-0.05, 0) is 38.5 Å². The van der Waals surface area contributed by atoms with E-state index in [4.69, 9.17) is 4.52 Å². The zero-order valence-electron chi connectivity index (χ0n) is 13.3. The Morgan fingerprint density at radius 3 is 2.61 bits per heavy atom. The van der Waals surface area contributed by atoms with Crippen LogP contribution in [0.1, 0.15) is 60.3 Å². The summed E-state index contributed by atoms with van der Waals surface area (Å²) in [5, 5.41) is 7.19. The standard InChI is InChI=1S/C17H23N3O3/c21-16(11-4-3-5-11)18-12-6-7-14-13(10-12)15(19-23-14)17(22)20-8-1-2-9-20/h11-12H,1-10H2,(H,18,21). The molecule has 1 aromatic rings. The van der Waals surface area contributed by atoms with Crippen molar-refractivity contribution in [2.75, 3.05) is 13.1 Å². The number of fused-ring (bicyclic) bond motifs is 1. The minimum absolute atomic E-state index is 0.0153. The number of rotatable bonds is 3. The van der Waals surface area contributed by atoms with Crippen LogP contribution < -0.4 is 5.32 Å². The Morgan fingerprint density at radius 2 is 1.91 bits per heavy atom. The van der Waals surface area contributed by atoms with Crippen LogP contribution in [0.5, 0.6) is 0 Å². The Kier molecular flexibility index (Phi) is 3.83. The first-order chi connectivity index (χ1) is 11.2. The number of carbonyl (C=O) groups is 2. The van der Waals surface area contributed by atoms with Crippen LogP contribution in [0.25, 0.3) is 0 Å². The van der Waals surface area contributed by atoms with Gasteiger partial charge in [-0.15, -0.1) is 0 Å². The van der Waals surface area contributed by atoms with E-state index in [-0.39, 0.29) is 23.8 Å². The highest BCUT2D eigenvalue weighted by molar-refractivity contribution is 5.94. The van der Waals surface area contributed by atoms with Gasteiger partial charge in [-0.2, -0.15) is 0 Å². The molecule has 1 aliphatic heterocycles. The Balaban J connectivity index is 1.46. The molecule has 0 aromatic carbocycles. The molecule has 2 amide bonds. The highest BCUT2D eigenvalue weighted by atomic mass is 16.5. The lowest BCUT2D eigenvalue weighted by Crippen LogP contribution is -2.43. The SMILES string of the molecule is O=C(NC1CCc2onc(C(=O)N3CCCC3)c2C1)C1CCC1. The first-order valence-corrected chi connectivity index (χ1v) is 8.79. The molecule has 1 N–H and O–H groups in total. The predicted octanol–water partition coefficient (Wildman–Crippen LogP) is 1.68. The molecule has 4 rings (SSSR count). The summed E-state index contributed by atoms with van der Waals surface area (Å²) in [5.41, 5.74) is 1.37. The van der Waals surface area contributed by atoms with E-state index >= 15 is 0 Å². The number of aryl methyl sites for hydroxylation is 1. The van der Waals surface area contributed by atoms with Gasteiger partial charge in [0.15, 0.2) is 5.69 Å². The topological polar surface area (TPSA) is 75.4 Å². The number of aromatic nitrogens is 1. The summed E-state index contributed by atoms with van der Waals surface area (Å²) in [6.07, 6.45) is 7.56. The zero-order chi connectivity index (χ0) is 15.8. The average molecular weight is 317 g/mol. The molecule has 0 spiro atoms. The fraction of sp³-hybridized carbons (Fsp3) is 0.706. The number of hydrogen-bond acceptors (Lipinski definition) is 4. The zero-order valence-corrected chi connectivity index (χ0v) is 13.3. The molecule has 2 fully saturated rings. The summed E-state index contributed by atoms with van der Waals surface area (Å²) in [6, 6.07) is 0.0973. The smallest absolute Gasteiger partial charge is 0.276 e. The van der Waals surface area contributed by atoms with E-state index in [2.05, 4.69) is 10.5 Å². The molecule has 124 valence electrons. The maximum Gasteiger partial charge on any atom is 0.276 e. The van der Waals surface area contributed by atoms with Crippen LogP contribution in [0, 0.1) is 5.92 Å². The van der Waals surface area contributed by atoms with Gasteiger partial charge in [0.25, 0.3) is 5.91 Å². The monoisotopic (exact) mass is 317 g/mol. The molecule has 2 aliphatic carbocycles. The van der Waals surface area contributed by atoms with Crippen molar-refractivity contribution in [1.29, 1.82) is 0 Å². The van der Waals surface area contributed by atoms with Gasteiger partial charge in [-0.25, -0.2) is 0 Å². The second-order valence-electron chi connectivity index (χ2n) is 7.01. The number of nitrogens with zero attached hydrogens (tertiary/aromatic N) is 2. The molecule has 2 heterocycles. The third-order valence-electron chi connectivity index (χ3n) is 5.46. The van der Waals surface area contributed by atoms with Crippen molar-refractivity contribution in [3.63, 3.8) is 0 Å². The Bertz CT molecular complexity index is 615. The Labute approximate surface area is 135 Å². The Hall–Kier alpha value is -1.85. The van der Waals surface area contributed by atoms with Gasteiger partial charge >= 0.3 is 0 Å². The van der Waals surface area contributed by atoms with Crippen LogP contribution in [-0.2, 0) is 17.6 Å². The summed E-state index contributed by atoms with van der Waals surface area (Å²) in [4.78, 5) is 26.6. The van der Waals surface area contributed by atoms with Crippen LogP contribution in [0.2, 0.25) is 0 Å². The largest absolute Gasteiger partial charge is 0.360 e. The molecule has 1 saturated heterocycles. The van der Waals surface area contributed by atoms with E-state index in [1.807, 2.05) is 4.90 Å². The summed E-state index contributed by atoms with van der Waals surface area (Å²) in [7, 11) is 0. The maximum absolute atomic E-state index is 12.6. The van der Waals surface area contributed by atoms with E-state index in [9.17, 15) is 9.59 Å². The lowest BCUT2D eigenvalue weighted by atomic mass is 9.84. The number of hydrogen-bond donors (Lipinski definition) is 1. The highest BCUT2D eigenvalue weighted by Gasteiger charge is 2.33. The first kappa shape index (κ1) is 14.7. The van der Waals surface area contributed by atoms with Crippen molar-refractivity contribution in [1.82, 2.24) is 15.4 Å². The number of likely N-dealkylation sites (tertiary alicyclic amines) is 1. The minimum atomic E-state index is -0.0153. The van der Waals surface area contributed by atoms with Gasteiger partial charge in [0.2, 0.25) is 5.91 Å². The molecule has 0 radical (unpaired) electrons. The predicted molar refractivity (Wildman–Crippen MR) is 82.9 cm³/mol. The molecule has 6 heteroatoms. The van der Waals surface area contributed by atoms with Crippen molar-refractivity contribution < 1.29 is 14.1 Å². The average Bonchev–Trinajstić information content (AvgIpc) is 3.14. The molecule has 1 unspecified atom stereocenters. The highest BCUT2D eigenvalue weighted by Crippen LogP contribution is 2.29. The van der Waals surface area contributed by atoms with Crippen molar-refractivity contribution >= 4 is 11.8 Å². The van der Waals surface area contributed by atoms with E-state index < -0.39 is 0 Å². The molecule has 23 heavy (non-hydrogen) atoms. The molecule has 1 aromatic heterocycles. The summed E-state index contributed by atoms with van der Waals surface area (Å²) in [6.45, 7) is 1.62. The quantitative estimate of drug-likeness (QED) is 0.920. The molecule has 1 atom stereocenters. The van der Waals surface area contributed by atoms with Crippen molar-refractivity contribution in [2.24, 2.45) is 5.92 Å². The van der Waals surface area contributed by atoms with Gasteiger partial charge in [-0.3, -0.25) is 9.59 Å². The van der Waals surface area contributed by atoms with Gasteiger partial charge in [0.05, 0.1) is 0 Å². The summed E-state index contributed by atoms with van der Waals surface area (Å²) < 4.78 is 5.39. The van der Waals surface area contributed by atoms with Crippen LogP contribution in [0.3, 0.4) is 0 Å². The van der Waals surface area contributed by atoms with Gasteiger partial charge < -0.3 is 14.7 Å². The minimum Gasteiger partial charge on any atom is -0.360 e. The fourth-order valence-corrected chi connectivity index (χ4v) is 3.75. The molecule has 6 nitrogen and oxygen atoms in total. The molecule has 1 saturated carbocycles. The third kappa shape index (κ3) is 2.75. The molecule has 3 aliphatic rings. The number of carbonyl (C=O) groups excluding carboxylic acids is 2. The van der Waals surface area contributed by atoms with Crippen LogP contribution >= 0.6 is 0 Å². The number of amides is 2. The molecule has 0 bridgehead atoms. The van der Waals surface area contributed by atoms with Crippen LogP contribution in [0.15, 0.2) is 4.52 Å². The van der Waals surface area contributed by atoms with E-state index in [0.29, 0.717) is 12.1 Å². The van der Waals surface area contributed by atoms with E-state index in [0.717, 1.165) is 69.4 Å². The lowest BCUT2D eigenvalue weighted by molar-refractivity contribution is -0.128. The van der Waals surface area contributed by atoms with Crippen molar-refractivity contribution in [3.05, 3.63) is 17.0 Å².